The van der Waals surface area contributed by atoms with Crippen molar-refractivity contribution in [3.8, 4) is 0 Å². The number of aryl methyl sites for hydroxylation is 1. The maximum atomic E-state index is 13.5. The molecule has 8 nitrogen and oxygen atoms in total. The Kier molecular flexibility index (Phi) is 12.8. The Balaban J connectivity index is 0.000000637. The number of hydrogen-bond donors (Lipinski definition) is 3. The smallest absolute Gasteiger partial charge is 0.475 e. The number of benzene rings is 3. The van der Waals surface area contributed by atoms with Crippen molar-refractivity contribution in [3.63, 3.8) is 0 Å². The zero-order chi connectivity index (χ0) is 41.1. The quantitative estimate of drug-likeness (QED) is 0.168. The molecule has 0 aromatic heterocycles. The highest BCUT2D eigenvalue weighted by molar-refractivity contribution is 5.96. The van der Waals surface area contributed by atoms with Crippen LogP contribution in [0.4, 0.5) is 13.2 Å². The van der Waals surface area contributed by atoms with Gasteiger partial charge in [0.25, 0.3) is 5.91 Å². The van der Waals surface area contributed by atoms with Crippen molar-refractivity contribution in [1.29, 1.82) is 0 Å². The molecule has 2 saturated carbocycles. The number of rotatable bonds is 12. The van der Waals surface area contributed by atoms with E-state index in [9.17, 15) is 22.8 Å². The standard InChI is InChI=1S/C46H58N4O2.C2HF3O2/c51-45(47-34-18-13-31(14-19-34)27-29-49-41-22-23-42(49)38-10-4-3-9-37(38)41)26-17-33-7-1-2-8-36(33)46(52)48-35-20-15-32(16-21-35)28-30-50-43-24-25-44(50)40-12-6-5-11-39(40)43;3-2(4,5)1(6)7/h1-12,31-32,34-35,41-44H,13-30H2,(H,47,51)(H,48,52);(H,6,7)/t31?,32?,34?,35?,41-,42+,43-,44+;. The minimum Gasteiger partial charge on any atom is -0.475 e. The van der Waals surface area contributed by atoms with Crippen molar-refractivity contribution in [2.24, 2.45) is 11.8 Å². The summed E-state index contributed by atoms with van der Waals surface area (Å²) in [6.07, 6.45) is 12.8. The van der Waals surface area contributed by atoms with Gasteiger partial charge in [-0.05, 0) is 155 Å². The molecule has 4 fully saturated rings. The number of nitrogens with one attached hydrogen (secondary N) is 2. The number of carbonyl (C=O) groups is 3. The number of hydrogen-bond acceptors (Lipinski definition) is 5. The third kappa shape index (κ3) is 9.41. The van der Waals surface area contributed by atoms with Gasteiger partial charge >= 0.3 is 12.1 Å². The molecule has 2 aliphatic carbocycles. The van der Waals surface area contributed by atoms with Crippen molar-refractivity contribution >= 4 is 17.8 Å². The van der Waals surface area contributed by atoms with Crippen LogP contribution in [0.15, 0.2) is 72.8 Å². The van der Waals surface area contributed by atoms with Gasteiger partial charge in [-0.15, -0.1) is 0 Å². The zero-order valence-electron chi connectivity index (χ0n) is 34.0. The summed E-state index contributed by atoms with van der Waals surface area (Å²) < 4.78 is 31.7. The van der Waals surface area contributed by atoms with Crippen LogP contribution in [0.3, 0.4) is 0 Å². The molecule has 316 valence electrons. The van der Waals surface area contributed by atoms with E-state index in [1.807, 2.05) is 24.3 Å². The monoisotopic (exact) mass is 812 g/mol. The van der Waals surface area contributed by atoms with Crippen LogP contribution in [0.2, 0.25) is 0 Å². The van der Waals surface area contributed by atoms with Gasteiger partial charge in [0, 0.05) is 48.2 Å². The Morgan fingerprint density at radius 2 is 0.966 bits per heavy atom. The Bertz CT molecular complexity index is 1890. The molecule has 3 aromatic carbocycles. The first-order valence-electron chi connectivity index (χ1n) is 22.2. The fourth-order valence-electron chi connectivity index (χ4n) is 11.6. The first-order valence-corrected chi connectivity index (χ1v) is 22.2. The number of fused-ring (bicyclic) bond motifs is 10. The van der Waals surface area contributed by atoms with Gasteiger partial charge in [0.2, 0.25) is 5.91 Å². The maximum Gasteiger partial charge on any atom is 0.490 e. The average molecular weight is 813 g/mol. The highest BCUT2D eigenvalue weighted by Crippen LogP contribution is 2.54. The molecule has 11 heteroatoms. The van der Waals surface area contributed by atoms with Gasteiger partial charge in [-0.1, -0.05) is 66.7 Å². The number of aliphatic carboxylic acids is 1. The van der Waals surface area contributed by atoms with E-state index in [-0.39, 0.29) is 23.9 Å². The molecule has 9 rings (SSSR count). The van der Waals surface area contributed by atoms with Crippen LogP contribution in [0, 0.1) is 11.8 Å². The molecule has 0 unspecified atom stereocenters. The van der Waals surface area contributed by atoms with Gasteiger partial charge in [-0.2, -0.15) is 13.2 Å². The van der Waals surface area contributed by atoms with Crippen molar-refractivity contribution in [2.75, 3.05) is 13.1 Å². The van der Waals surface area contributed by atoms with E-state index in [1.54, 1.807) is 22.3 Å². The Morgan fingerprint density at radius 3 is 1.39 bits per heavy atom. The minimum absolute atomic E-state index is 0.0232. The molecule has 3 N–H and O–H groups in total. The number of alkyl halides is 3. The Labute approximate surface area is 346 Å². The van der Waals surface area contributed by atoms with Crippen LogP contribution in [0.25, 0.3) is 0 Å². The van der Waals surface area contributed by atoms with Gasteiger partial charge in [-0.25, -0.2) is 4.79 Å². The molecule has 2 saturated heterocycles. The van der Waals surface area contributed by atoms with Gasteiger partial charge in [0.1, 0.15) is 0 Å². The molecule has 59 heavy (non-hydrogen) atoms. The lowest BCUT2D eigenvalue weighted by Crippen LogP contribution is -2.39. The molecule has 4 heterocycles. The molecular weight excluding hydrogens is 754 g/mol. The van der Waals surface area contributed by atoms with Gasteiger partial charge < -0.3 is 15.7 Å². The second-order valence-electron chi connectivity index (χ2n) is 18.0. The van der Waals surface area contributed by atoms with Crippen molar-refractivity contribution in [1.82, 2.24) is 20.4 Å². The van der Waals surface area contributed by atoms with Crippen LogP contribution in [0.1, 0.15) is 159 Å². The summed E-state index contributed by atoms with van der Waals surface area (Å²) in [4.78, 5) is 41.1. The zero-order valence-corrected chi connectivity index (χ0v) is 34.0. The lowest BCUT2D eigenvalue weighted by Gasteiger charge is -2.31. The molecule has 4 atom stereocenters. The fraction of sp³-hybridized carbons (Fsp3) is 0.562. The summed E-state index contributed by atoms with van der Waals surface area (Å²) >= 11 is 0. The van der Waals surface area contributed by atoms with E-state index in [1.165, 1.54) is 77.3 Å². The number of carboxylic acids is 1. The summed E-state index contributed by atoms with van der Waals surface area (Å²) in [5.74, 6) is -1.10. The van der Waals surface area contributed by atoms with Gasteiger partial charge in [-0.3, -0.25) is 19.4 Å². The molecule has 3 aromatic rings. The second-order valence-corrected chi connectivity index (χ2v) is 18.0. The van der Waals surface area contributed by atoms with Crippen molar-refractivity contribution in [2.45, 2.75) is 145 Å². The topological polar surface area (TPSA) is 102 Å². The maximum absolute atomic E-state index is 13.5. The third-order valence-electron chi connectivity index (χ3n) is 14.6. The van der Waals surface area contributed by atoms with Gasteiger partial charge in [0.15, 0.2) is 0 Å². The molecule has 2 amide bonds. The number of carboxylic acid groups (broad SMARTS) is 1. The Hall–Kier alpha value is -4.22. The predicted octanol–water partition coefficient (Wildman–Crippen LogP) is 9.78. The number of amides is 2. The van der Waals surface area contributed by atoms with Crippen molar-refractivity contribution < 1.29 is 32.7 Å². The second kappa shape index (κ2) is 18.2. The first-order chi connectivity index (χ1) is 28.5. The molecular formula is C48H59F3N4O4. The summed E-state index contributed by atoms with van der Waals surface area (Å²) in [6, 6.07) is 29.1. The summed E-state index contributed by atoms with van der Waals surface area (Å²) in [5.41, 5.74) is 8.01. The van der Waals surface area contributed by atoms with Crippen molar-refractivity contribution in [3.05, 3.63) is 106 Å². The molecule has 4 aliphatic heterocycles. The van der Waals surface area contributed by atoms with Crippen LogP contribution >= 0.6 is 0 Å². The number of nitrogens with zero attached hydrogens (tertiary/aromatic N) is 2. The third-order valence-corrected chi connectivity index (χ3v) is 14.6. The van der Waals surface area contributed by atoms with E-state index in [4.69, 9.17) is 9.90 Å². The first kappa shape index (κ1) is 41.5. The fourth-order valence-corrected chi connectivity index (χ4v) is 11.6. The van der Waals surface area contributed by atoms with E-state index in [0.717, 1.165) is 48.6 Å². The van der Waals surface area contributed by atoms with Gasteiger partial charge in [0.05, 0.1) is 0 Å². The minimum atomic E-state index is -5.08. The van der Waals surface area contributed by atoms with E-state index >= 15 is 0 Å². The highest BCUT2D eigenvalue weighted by atomic mass is 19.4. The average Bonchev–Trinajstić information content (AvgIpc) is 4.01. The van der Waals surface area contributed by atoms with Crippen LogP contribution in [-0.4, -0.2) is 64.0 Å². The molecule has 6 aliphatic rings. The van der Waals surface area contributed by atoms with Crippen LogP contribution in [-0.2, 0) is 16.0 Å². The Morgan fingerprint density at radius 1 is 0.576 bits per heavy atom. The predicted molar refractivity (Wildman–Crippen MR) is 221 cm³/mol. The van der Waals surface area contributed by atoms with Crippen LogP contribution in [0.5, 0.6) is 0 Å². The van der Waals surface area contributed by atoms with E-state index < -0.39 is 12.1 Å². The lowest BCUT2D eigenvalue weighted by molar-refractivity contribution is -0.192. The largest absolute Gasteiger partial charge is 0.490 e. The SMILES string of the molecule is O=C(CCc1ccccc1C(=O)NC1CCC(CCN2[C@@H]3CC[C@H]2c2ccccc23)CC1)NC1CCC(CCN2[C@@H]3CC[C@H]2c2ccccc23)CC1.O=C(O)C(F)(F)F. The lowest BCUT2D eigenvalue weighted by atomic mass is 9.83. The molecule has 4 bridgehead atoms. The van der Waals surface area contributed by atoms with E-state index in [2.05, 4.69) is 69.0 Å². The number of carbonyl (C=O) groups excluding carboxylic acids is 2. The molecule has 0 spiro atoms. The molecule has 0 radical (unpaired) electrons. The highest BCUT2D eigenvalue weighted by Gasteiger charge is 2.44. The van der Waals surface area contributed by atoms with E-state index in [0.29, 0.717) is 37.0 Å². The summed E-state index contributed by atoms with van der Waals surface area (Å²) in [7, 11) is 0. The summed E-state index contributed by atoms with van der Waals surface area (Å²) in [5, 5.41) is 13.8. The normalized spacial score (nSPS) is 28.3. The van der Waals surface area contributed by atoms with Crippen LogP contribution < -0.4 is 10.6 Å². The summed E-state index contributed by atoms with van der Waals surface area (Å²) in [6.45, 7) is 2.40. The number of halogens is 3.